The largest absolute Gasteiger partial charge is 0.324 e. The molecular formula is C20H19ClN4O. The summed E-state index contributed by atoms with van der Waals surface area (Å²) in [5.41, 5.74) is 4.61. The molecule has 0 saturated heterocycles. The van der Waals surface area contributed by atoms with Crippen LogP contribution in [0.4, 0.5) is 17.3 Å². The van der Waals surface area contributed by atoms with E-state index in [9.17, 15) is 4.79 Å². The fraction of sp³-hybridized carbons (Fsp3) is 0.150. The number of anilines is 3. The number of halogens is 1. The summed E-state index contributed by atoms with van der Waals surface area (Å²) in [6.07, 6.45) is 0. The van der Waals surface area contributed by atoms with Gasteiger partial charge in [0.1, 0.15) is 5.69 Å². The summed E-state index contributed by atoms with van der Waals surface area (Å²) < 4.78 is 0. The highest BCUT2D eigenvalue weighted by atomic mass is 35.5. The number of amides is 1. The summed E-state index contributed by atoms with van der Waals surface area (Å²) in [5.74, 6) is 0.0376. The molecule has 0 spiro atoms. The van der Waals surface area contributed by atoms with Crippen molar-refractivity contribution >= 4 is 34.8 Å². The lowest BCUT2D eigenvalue weighted by molar-refractivity contribution is 0.102. The van der Waals surface area contributed by atoms with Crippen molar-refractivity contribution in [2.45, 2.75) is 20.8 Å². The average molecular weight is 367 g/mol. The number of hydrogen-bond donors (Lipinski definition) is 2. The Morgan fingerprint density at radius 3 is 2.50 bits per heavy atom. The fourth-order valence-electron chi connectivity index (χ4n) is 2.48. The van der Waals surface area contributed by atoms with Crippen LogP contribution in [0.2, 0.25) is 5.02 Å². The molecule has 0 aliphatic heterocycles. The Bertz CT molecular complexity index is 972. The highest BCUT2D eigenvalue weighted by Gasteiger charge is 2.13. The monoisotopic (exact) mass is 366 g/mol. The number of para-hydroxylation sites is 1. The predicted octanol–water partition coefficient (Wildman–Crippen LogP) is 5.05. The molecule has 0 fully saturated rings. The molecule has 26 heavy (non-hydrogen) atoms. The summed E-state index contributed by atoms with van der Waals surface area (Å²) in [7, 11) is 0. The van der Waals surface area contributed by atoms with Crippen molar-refractivity contribution < 1.29 is 4.79 Å². The minimum atomic E-state index is -0.340. The maximum absolute atomic E-state index is 12.6. The molecule has 6 heteroatoms. The highest BCUT2D eigenvalue weighted by molar-refractivity contribution is 6.33. The van der Waals surface area contributed by atoms with E-state index in [1.165, 1.54) is 0 Å². The van der Waals surface area contributed by atoms with E-state index in [2.05, 4.69) is 20.6 Å². The number of benzene rings is 2. The molecule has 2 N–H and O–H groups in total. The van der Waals surface area contributed by atoms with Crippen molar-refractivity contribution in [2.75, 3.05) is 10.6 Å². The van der Waals surface area contributed by atoms with Crippen molar-refractivity contribution in [1.82, 2.24) is 9.97 Å². The highest BCUT2D eigenvalue weighted by Crippen LogP contribution is 2.22. The van der Waals surface area contributed by atoms with Crippen LogP contribution in [0.5, 0.6) is 0 Å². The van der Waals surface area contributed by atoms with Crippen LogP contribution in [0.3, 0.4) is 0 Å². The lowest BCUT2D eigenvalue weighted by Gasteiger charge is -2.11. The number of aryl methyl sites for hydroxylation is 3. The van der Waals surface area contributed by atoms with Gasteiger partial charge in [0.2, 0.25) is 5.95 Å². The zero-order valence-corrected chi connectivity index (χ0v) is 15.6. The molecule has 0 bridgehead atoms. The normalized spacial score (nSPS) is 10.5. The summed E-state index contributed by atoms with van der Waals surface area (Å²) >= 11 is 6.10. The van der Waals surface area contributed by atoms with Gasteiger partial charge in [0.15, 0.2) is 0 Å². The van der Waals surface area contributed by atoms with Crippen LogP contribution in [-0.4, -0.2) is 15.9 Å². The third-order valence-electron chi connectivity index (χ3n) is 3.85. The number of nitrogens with one attached hydrogen (secondary N) is 2. The number of carbonyl (C=O) groups excluding carboxylic acids is 1. The summed E-state index contributed by atoms with van der Waals surface area (Å²) in [5, 5.41) is 6.44. The van der Waals surface area contributed by atoms with Gasteiger partial charge in [-0.15, -0.1) is 0 Å². The first-order valence-electron chi connectivity index (χ1n) is 8.18. The van der Waals surface area contributed by atoms with Gasteiger partial charge in [-0.05, 0) is 56.2 Å². The first kappa shape index (κ1) is 17.9. The molecular weight excluding hydrogens is 348 g/mol. The van der Waals surface area contributed by atoms with Gasteiger partial charge in [-0.25, -0.2) is 9.97 Å². The van der Waals surface area contributed by atoms with Crippen molar-refractivity contribution in [3.05, 3.63) is 76.1 Å². The van der Waals surface area contributed by atoms with Crippen LogP contribution in [-0.2, 0) is 0 Å². The molecule has 1 aromatic heterocycles. The minimum Gasteiger partial charge on any atom is -0.324 e. The Morgan fingerprint density at radius 1 is 0.962 bits per heavy atom. The van der Waals surface area contributed by atoms with Gasteiger partial charge in [-0.3, -0.25) is 4.79 Å². The Hall–Kier alpha value is -2.92. The van der Waals surface area contributed by atoms with Crippen LogP contribution >= 0.6 is 11.6 Å². The third-order valence-corrected chi connectivity index (χ3v) is 4.18. The molecule has 0 aliphatic rings. The van der Waals surface area contributed by atoms with Crippen molar-refractivity contribution in [3.63, 3.8) is 0 Å². The van der Waals surface area contributed by atoms with E-state index < -0.39 is 0 Å². The van der Waals surface area contributed by atoms with Gasteiger partial charge in [0, 0.05) is 11.4 Å². The maximum Gasteiger partial charge on any atom is 0.274 e. The molecule has 1 amide bonds. The molecule has 3 aromatic rings. The molecule has 132 valence electrons. The van der Waals surface area contributed by atoms with Crippen LogP contribution < -0.4 is 10.6 Å². The summed E-state index contributed by atoms with van der Waals surface area (Å²) in [4.78, 5) is 21.3. The minimum absolute atomic E-state index is 0.269. The maximum atomic E-state index is 12.6. The number of carbonyl (C=O) groups is 1. The zero-order valence-electron chi connectivity index (χ0n) is 14.8. The Morgan fingerprint density at radius 2 is 1.73 bits per heavy atom. The molecule has 0 radical (unpaired) electrons. The van der Waals surface area contributed by atoms with Gasteiger partial charge in [0.25, 0.3) is 5.91 Å². The smallest absolute Gasteiger partial charge is 0.274 e. The Balaban J connectivity index is 1.86. The molecule has 0 aliphatic carbocycles. The van der Waals surface area contributed by atoms with E-state index in [0.717, 1.165) is 16.8 Å². The Labute approximate surface area is 157 Å². The molecule has 2 aromatic carbocycles. The lowest BCUT2D eigenvalue weighted by atomic mass is 10.1. The van der Waals surface area contributed by atoms with E-state index >= 15 is 0 Å². The van der Waals surface area contributed by atoms with E-state index in [1.807, 2.05) is 39.0 Å². The van der Waals surface area contributed by atoms with Crippen LogP contribution in [0.25, 0.3) is 0 Å². The molecule has 0 saturated carbocycles. The van der Waals surface area contributed by atoms with E-state index in [1.54, 1.807) is 30.3 Å². The van der Waals surface area contributed by atoms with Gasteiger partial charge in [-0.1, -0.05) is 35.9 Å². The SMILES string of the molecule is Cc1ccc(C)c(Nc2nc(C)cc(C(=O)Nc3ccccc3Cl)n2)c1. The standard InChI is InChI=1S/C20H19ClN4O/c1-12-8-9-13(2)17(10-12)24-20-22-14(3)11-18(25-20)19(26)23-16-7-5-4-6-15(16)21/h4-11H,1-3H3,(H,23,26)(H,22,24,25). The average Bonchev–Trinajstić information content (AvgIpc) is 2.59. The number of rotatable bonds is 4. The lowest BCUT2D eigenvalue weighted by Crippen LogP contribution is -2.15. The first-order chi connectivity index (χ1) is 12.4. The van der Waals surface area contributed by atoms with Gasteiger partial charge < -0.3 is 10.6 Å². The second-order valence-electron chi connectivity index (χ2n) is 6.10. The molecule has 0 unspecified atom stereocenters. The van der Waals surface area contributed by atoms with E-state index in [-0.39, 0.29) is 11.6 Å². The number of aromatic nitrogens is 2. The topological polar surface area (TPSA) is 66.9 Å². The number of hydrogen-bond acceptors (Lipinski definition) is 4. The van der Waals surface area contributed by atoms with Gasteiger partial charge in [-0.2, -0.15) is 0 Å². The number of nitrogens with zero attached hydrogens (tertiary/aromatic N) is 2. The zero-order chi connectivity index (χ0) is 18.7. The summed E-state index contributed by atoms with van der Waals surface area (Å²) in [6, 6.07) is 14.8. The van der Waals surface area contributed by atoms with Crippen LogP contribution in [0, 0.1) is 20.8 Å². The van der Waals surface area contributed by atoms with Crippen LogP contribution in [0.1, 0.15) is 27.3 Å². The van der Waals surface area contributed by atoms with Crippen molar-refractivity contribution in [1.29, 1.82) is 0 Å². The van der Waals surface area contributed by atoms with Crippen LogP contribution in [0.15, 0.2) is 48.5 Å². The first-order valence-corrected chi connectivity index (χ1v) is 8.56. The predicted molar refractivity (Wildman–Crippen MR) is 105 cm³/mol. The van der Waals surface area contributed by atoms with Gasteiger partial charge >= 0.3 is 0 Å². The van der Waals surface area contributed by atoms with Gasteiger partial charge in [0.05, 0.1) is 10.7 Å². The molecule has 5 nitrogen and oxygen atoms in total. The second kappa shape index (κ2) is 7.54. The van der Waals surface area contributed by atoms with Crippen molar-refractivity contribution in [3.8, 4) is 0 Å². The second-order valence-corrected chi connectivity index (χ2v) is 6.50. The summed E-state index contributed by atoms with van der Waals surface area (Å²) in [6.45, 7) is 5.84. The molecule has 1 heterocycles. The molecule has 0 atom stereocenters. The quantitative estimate of drug-likeness (QED) is 0.678. The van der Waals surface area contributed by atoms with E-state index in [0.29, 0.717) is 22.4 Å². The molecule has 3 rings (SSSR count). The van der Waals surface area contributed by atoms with E-state index in [4.69, 9.17) is 11.6 Å². The fourth-order valence-corrected chi connectivity index (χ4v) is 2.66. The Kier molecular flexibility index (Phi) is 5.19. The van der Waals surface area contributed by atoms with Crippen molar-refractivity contribution in [2.24, 2.45) is 0 Å². The third kappa shape index (κ3) is 4.18.